The van der Waals surface area contributed by atoms with Crippen molar-refractivity contribution in [3.05, 3.63) is 35.9 Å². The van der Waals surface area contributed by atoms with E-state index in [9.17, 15) is 9.59 Å². The van der Waals surface area contributed by atoms with Crippen LogP contribution < -0.4 is 11.1 Å². The van der Waals surface area contributed by atoms with Crippen molar-refractivity contribution in [2.45, 2.75) is 32.2 Å². The molecule has 1 unspecified atom stereocenters. The summed E-state index contributed by atoms with van der Waals surface area (Å²) >= 11 is 0. The SMILES string of the molecule is CC(N)CCNC(=O)C1CCN(C(=O)c2ccccc2)CC1. The number of carbonyl (C=O) groups excluding carboxylic acids is 2. The van der Waals surface area contributed by atoms with E-state index in [1.807, 2.05) is 42.2 Å². The quantitative estimate of drug-likeness (QED) is 0.863. The van der Waals surface area contributed by atoms with Crippen LogP contribution in [0.1, 0.15) is 36.5 Å². The molecule has 0 saturated carbocycles. The molecular weight excluding hydrogens is 278 g/mol. The summed E-state index contributed by atoms with van der Waals surface area (Å²) in [5.74, 6) is 0.150. The Morgan fingerprint density at radius 3 is 2.50 bits per heavy atom. The number of amides is 2. The number of benzene rings is 1. The number of rotatable bonds is 5. The average Bonchev–Trinajstić information content (AvgIpc) is 2.54. The van der Waals surface area contributed by atoms with Crippen molar-refractivity contribution in [2.75, 3.05) is 19.6 Å². The zero-order valence-corrected chi connectivity index (χ0v) is 13.1. The summed E-state index contributed by atoms with van der Waals surface area (Å²) in [5.41, 5.74) is 6.38. The lowest BCUT2D eigenvalue weighted by molar-refractivity contribution is -0.126. The summed E-state index contributed by atoms with van der Waals surface area (Å²) in [6.45, 7) is 3.83. The lowest BCUT2D eigenvalue weighted by Gasteiger charge is -2.31. The average molecular weight is 303 g/mol. The third-order valence-electron chi connectivity index (χ3n) is 4.07. The van der Waals surface area contributed by atoms with E-state index in [4.69, 9.17) is 5.73 Å². The van der Waals surface area contributed by atoms with Crippen molar-refractivity contribution in [3.8, 4) is 0 Å². The Morgan fingerprint density at radius 1 is 1.27 bits per heavy atom. The molecule has 120 valence electrons. The number of nitrogens with zero attached hydrogens (tertiary/aromatic N) is 1. The first kappa shape index (κ1) is 16.5. The summed E-state index contributed by atoms with van der Waals surface area (Å²) in [7, 11) is 0. The maximum atomic E-state index is 12.3. The predicted molar refractivity (Wildman–Crippen MR) is 86.3 cm³/mol. The zero-order chi connectivity index (χ0) is 15.9. The van der Waals surface area contributed by atoms with E-state index in [-0.39, 0.29) is 23.8 Å². The van der Waals surface area contributed by atoms with Crippen LogP contribution in [-0.4, -0.2) is 42.4 Å². The maximum absolute atomic E-state index is 12.3. The first-order chi connectivity index (χ1) is 10.6. The molecule has 1 aromatic rings. The predicted octanol–water partition coefficient (Wildman–Crippen LogP) is 1.39. The second-order valence-electron chi connectivity index (χ2n) is 5.99. The topological polar surface area (TPSA) is 75.4 Å². The number of nitrogens with one attached hydrogen (secondary N) is 1. The number of piperidine rings is 1. The number of carbonyl (C=O) groups is 2. The Morgan fingerprint density at radius 2 is 1.91 bits per heavy atom. The molecule has 22 heavy (non-hydrogen) atoms. The highest BCUT2D eigenvalue weighted by Gasteiger charge is 2.27. The molecule has 1 saturated heterocycles. The monoisotopic (exact) mass is 303 g/mol. The smallest absolute Gasteiger partial charge is 0.253 e. The van der Waals surface area contributed by atoms with Gasteiger partial charge in [0.15, 0.2) is 0 Å². The van der Waals surface area contributed by atoms with Crippen molar-refractivity contribution in [1.29, 1.82) is 0 Å². The fourth-order valence-electron chi connectivity index (χ4n) is 2.68. The van der Waals surface area contributed by atoms with Crippen LogP contribution in [0.4, 0.5) is 0 Å². The van der Waals surface area contributed by atoms with Gasteiger partial charge in [-0.3, -0.25) is 9.59 Å². The molecule has 1 aliphatic heterocycles. The van der Waals surface area contributed by atoms with E-state index < -0.39 is 0 Å². The summed E-state index contributed by atoms with van der Waals surface area (Å²) in [4.78, 5) is 26.2. The second kappa shape index (κ2) is 7.94. The molecule has 0 aromatic heterocycles. The van der Waals surface area contributed by atoms with E-state index in [2.05, 4.69) is 5.32 Å². The third-order valence-corrected chi connectivity index (χ3v) is 4.07. The van der Waals surface area contributed by atoms with Gasteiger partial charge in [0, 0.05) is 37.2 Å². The van der Waals surface area contributed by atoms with Gasteiger partial charge in [-0.25, -0.2) is 0 Å². The van der Waals surface area contributed by atoms with Gasteiger partial charge in [0.1, 0.15) is 0 Å². The molecule has 5 nitrogen and oxygen atoms in total. The molecule has 1 heterocycles. The van der Waals surface area contributed by atoms with Crippen molar-refractivity contribution in [1.82, 2.24) is 10.2 Å². The van der Waals surface area contributed by atoms with Gasteiger partial charge >= 0.3 is 0 Å². The highest BCUT2D eigenvalue weighted by Crippen LogP contribution is 2.19. The molecule has 3 N–H and O–H groups in total. The van der Waals surface area contributed by atoms with Crippen LogP contribution in [-0.2, 0) is 4.79 Å². The molecule has 0 bridgehead atoms. The molecule has 0 aliphatic carbocycles. The van der Waals surface area contributed by atoms with Gasteiger partial charge in [0.25, 0.3) is 5.91 Å². The lowest BCUT2D eigenvalue weighted by Crippen LogP contribution is -2.43. The lowest BCUT2D eigenvalue weighted by atomic mass is 9.95. The largest absolute Gasteiger partial charge is 0.356 e. The van der Waals surface area contributed by atoms with Crippen LogP contribution in [0.25, 0.3) is 0 Å². The van der Waals surface area contributed by atoms with Crippen molar-refractivity contribution < 1.29 is 9.59 Å². The van der Waals surface area contributed by atoms with Gasteiger partial charge in [-0.1, -0.05) is 18.2 Å². The number of hydrogen-bond acceptors (Lipinski definition) is 3. The van der Waals surface area contributed by atoms with Crippen LogP contribution in [0.5, 0.6) is 0 Å². The molecule has 0 radical (unpaired) electrons. The van der Waals surface area contributed by atoms with Gasteiger partial charge in [0.05, 0.1) is 0 Å². The van der Waals surface area contributed by atoms with Gasteiger partial charge < -0.3 is 16.0 Å². The first-order valence-electron chi connectivity index (χ1n) is 7.95. The van der Waals surface area contributed by atoms with Crippen molar-refractivity contribution in [3.63, 3.8) is 0 Å². The Hall–Kier alpha value is -1.88. The van der Waals surface area contributed by atoms with Crippen LogP contribution in [0.15, 0.2) is 30.3 Å². The molecule has 1 aromatic carbocycles. The fraction of sp³-hybridized carbons (Fsp3) is 0.529. The van der Waals surface area contributed by atoms with Gasteiger partial charge in [0.2, 0.25) is 5.91 Å². The minimum absolute atomic E-state index is 0.00732. The van der Waals surface area contributed by atoms with E-state index in [0.29, 0.717) is 25.2 Å². The molecule has 2 rings (SSSR count). The molecule has 0 spiro atoms. The van der Waals surface area contributed by atoms with Gasteiger partial charge in [-0.15, -0.1) is 0 Å². The Bertz CT molecular complexity index is 494. The summed E-state index contributed by atoms with van der Waals surface area (Å²) in [5, 5.41) is 2.94. The van der Waals surface area contributed by atoms with Crippen molar-refractivity contribution >= 4 is 11.8 Å². The minimum Gasteiger partial charge on any atom is -0.356 e. The fourth-order valence-corrected chi connectivity index (χ4v) is 2.68. The Kier molecular flexibility index (Phi) is 5.95. The maximum Gasteiger partial charge on any atom is 0.253 e. The molecule has 5 heteroatoms. The van der Waals surface area contributed by atoms with E-state index in [1.165, 1.54) is 0 Å². The number of hydrogen-bond donors (Lipinski definition) is 2. The van der Waals surface area contributed by atoms with Crippen LogP contribution in [0.3, 0.4) is 0 Å². The van der Waals surface area contributed by atoms with E-state index in [1.54, 1.807) is 0 Å². The third kappa shape index (κ3) is 4.56. The Balaban J connectivity index is 1.78. The second-order valence-corrected chi connectivity index (χ2v) is 5.99. The van der Waals surface area contributed by atoms with Crippen LogP contribution in [0.2, 0.25) is 0 Å². The Labute approximate surface area is 131 Å². The molecule has 1 aliphatic rings. The zero-order valence-electron chi connectivity index (χ0n) is 13.1. The summed E-state index contributed by atoms with van der Waals surface area (Å²) in [6.07, 6.45) is 2.24. The summed E-state index contributed by atoms with van der Waals surface area (Å²) in [6, 6.07) is 9.39. The van der Waals surface area contributed by atoms with Crippen molar-refractivity contribution in [2.24, 2.45) is 11.7 Å². The highest BCUT2D eigenvalue weighted by molar-refractivity contribution is 5.94. The standard InChI is InChI=1S/C17H25N3O2/c1-13(18)7-10-19-16(21)14-8-11-20(12-9-14)17(22)15-5-3-2-4-6-15/h2-6,13-14H,7-12,18H2,1H3,(H,19,21). The van der Waals surface area contributed by atoms with Gasteiger partial charge in [-0.2, -0.15) is 0 Å². The molecular formula is C17H25N3O2. The molecule has 2 amide bonds. The van der Waals surface area contributed by atoms with Crippen LogP contribution >= 0.6 is 0 Å². The molecule has 1 fully saturated rings. The highest BCUT2D eigenvalue weighted by atomic mass is 16.2. The van der Waals surface area contributed by atoms with Crippen LogP contribution in [0, 0.1) is 5.92 Å². The number of likely N-dealkylation sites (tertiary alicyclic amines) is 1. The van der Waals surface area contributed by atoms with Gasteiger partial charge in [-0.05, 0) is 38.3 Å². The first-order valence-corrected chi connectivity index (χ1v) is 7.95. The molecule has 1 atom stereocenters. The number of nitrogens with two attached hydrogens (primary N) is 1. The minimum atomic E-state index is 0.00732. The normalized spacial score (nSPS) is 17.1. The van der Waals surface area contributed by atoms with E-state index >= 15 is 0 Å². The van der Waals surface area contributed by atoms with E-state index in [0.717, 1.165) is 19.3 Å². The summed E-state index contributed by atoms with van der Waals surface area (Å²) < 4.78 is 0.